The largest absolute Gasteiger partial charge is 0.198 e. The van der Waals surface area contributed by atoms with Gasteiger partial charge in [-0.05, 0) is 47.9 Å². The summed E-state index contributed by atoms with van der Waals surface area (Å²) in [5.41, 5.74) is 2.41. The fourth-order valence-corrected chi connectivity index (χ4v) is 2.03. The van der Waals surface area contributed by atoms with Gasteiger partial charge in [-0.2, -0.15) is 4.68 Å². The van der Waals surface area contributed by atoms with Crippen LogP contribution in [-0.2, 0) is 6.42 Å². The van der Waals surface area contributed by atoms with Crippen LogP contribution < -0.4 is 0 Å². The predicted molar refractivity (Wildman–Crippen MR) is 71.7 cm³/mol. The van der Waals surface area contributed by atoms with E-state index in [0.29, 0.717) is 0 Å². The van der Waals surface area contributed by atoms with E-state index in [2.05, 4.69) is 46.7 Å². The van der Waals surface area contributed by atoms with Crippen LogP contribution in [0.5, 0.6) is 0 Å². The van der Waals surface area contributed by atoms with E-state index in [-0.39, 0.29) is 0 Å². The number of hydrogen-bond donors (Lipinski definition) is 0. The summed E-state index contributed by atoms with van der Waals surface area (Å²) in [4.78, 5) is 0. The molecule has 0 aliphatic rings. The monoisotopic (exact) mass is 244 g/mol. The first-order valence-electron chi connectivity index (χ1n) is 6.65. The molecular weight excluding hydrogens is 224 g/mol. The molecule has 0 unspecified atom stereocenters. The molecule has 0 N–H and O–H groups in total. The third-order valence-corrected chi connectivity index (χ3v) is 3.13. The Morgan fingerprint density at radius 3 is 2.44 bits per heavy atom. The number of unbranched alkanes of at least 4 members (excludes halogenated alkanes) is 3. The number of aromatic nitrogens is 4. The first-order chi connectivity index (χ1) is 8.81. The SMILES string of the molecule is CCCCCCc1ccc(-n2nnnc2C)cc1. The number of benzene rings is 1. The lowest BCUT2D eigenvalue weighted by molar-refractivity contribution is 0.666. The van der Waals surface area contributed by atoms with Gasteiger partial charge in [0.2, 0.25) is 0 Å². The van der Waals surface area contributed by atoms with E-state index in [1.165, 1.54) is 31.2 Å². The Balaban J connectivity index is 1.96. The van der Waals surface area contributed by atoms with Gasteiger partial charge in [0.05, 0.1) is 5.69 Å². The topological polar surface area (TPSA) is 43.6 Å². The van der Waals surface area contributed by atoms with Crippen LogP contribution in [0, 0.1) is 6.92 Å². The zero-order valence-corrected chi connectivity index (χ0v) is 11.1. The lowest BCUT2D eigenvalue weighted by Crippen LogP contribution is -1.99. The highest BCUT2D eigenvalue weighted by Gasteiger charge is 2.02. The van der Waals surface area contributed by atoms with Gasteiger partial charge in [0.1, 0.15) is 0 Å². The molecule has 0 bridgehead atoms. The predicted octanol–water partition coefficient (Wildman–Crippen LogP) is 3.09. The summed E-state index contributed by atoms with van der Waals surface area (Å²) in [6.07, 6.45) is 6.38. The Kier molecular flexibility index (Phi) is 4.45. The number of hydrogen-bond acceptors (Lipinski definition) is 3. The van der Waals surface area contributed by atoms with E-state index in [9.17, 15) is 0 Å². The normalized spacial score (nSPS) is 10.8. The number of aryl methyl sites for hydroxylation is 2. The molecule has 1 heterocycles. The highest BCUT2D eigenvalue weighted by Crippen LogP contribution is 2.12. The molecule has 18 heavy (non-hydrogen) atoms. The van der Waals surface area contributed by atoms with Gasteiger partial charge in [-0.1, -0.05) is 38.3 Å². The lowest BCUT2D eigenvalue weighted by atomic mass is 10.1. The van der Waals surface area contributed by atoms with Crippen LogP contribution in [0.15, 0.2) is 24.3 Å². The van der Waals surface area contributed by atoms with Crippen LogP contribution in [0.3, 0.4) is 0 Å². The maximum Gasteiger partial charge on any atom is 0.153 e. The van der Waals surface area contributed by atoms with Crippen molar-refractivity contribution in [2.45, 2.75) is 46.0 Å². The van der Waals surface area contributed by atoms with Crippen molar-refractivity contribution < 1.29 is 0 Å². The summed E-state index contributed by atoms with van der Waals surface area (Å²) in [7, 11) is 0. The minimum absolute atomic E-state index is 0.811. The van der Waals surface area contributed by atoms with Crippen molar-refractivity contribution in [2.24, 2.45) is 0 Å². The van der Waals surface area contributed by atoms with E-state index in [1.807, 2.05) is 6.92 Å². The van der Waals surface area contributed by atoms with Gasteiger partial charge in [0.25, 0.3) is 0 Å². The van der Waals surface area contributed by atoms with Crippen molar-refractivity contribution >= 4 is 0 Å². The molecule has 1 aromatic heterocycles. The molecule has 2 rings (SSSR count). The fraction of sp³-hybridized carbons (Fsp3) is 0.500. The molecule has 0 radical (unpaired) electrons. The molecule has 0 saturated heterocycles. The highest BCUT2D eigenvalue weighted by molar-refractivity contribution is 5.34. The zero-order valence-electron chi connectivity index (χ0n) is 11.1. The van der Waals surface area contributed by atoms with E-state index in [1.54, 1.807) is 4.68 Å². The second-order valence-corrected chi connectivity index (χ2v) is 4.62. The first-order valence-corrected chi connectivity index (χ1v) is 6.65. The van der Waals surface area contributed by atoms with Crippen molar-refractivity contribution in [1.29, 1.82) is 0 Å². The number of nitrogens with zero attached hydrogens (tertiary/aromatic N) is 4. The summed E-state index contributed by atoms with van der Waals surface area (Å²) in [6, 6.07) is 8.50. The van der Waals surface area contributed by atoms with Crippen molar-refractivity contribution in [1.82, 2.24) is 20.2 Å². The Bertz CT molecular complexity index is 473. The Labute approximate surface area is 108 Å². The molecule has 0 spiro atoms. The van der Waals surface area contributed by atoms with Gasteiger partial charge in [-0.25, -0.2) is 0 Å². The number of tetrazole rings is 1. The molecule has 4 nitrogen and oxygen atoms in total. The molecule has 0 saturated carbocycles. The molecule has 0 fully saturated rings. The average Bonchev–Trinajstić information content (AvgIpc) is 2.82. The Morgan fingerprint density at radius 1 is 1.06 bits per heavy atom. The molecule has 1 aromatic carbocycles. The highest BCUT2D eigenvalue weighted by atomic mass is 15.5. The van der Waals surface area contributed by atoms with Gasteiger partial charge in [-0.3, -0.25) is 0 Å². The van der Waals surface area contributed by atoms with Crippen LogP contribution >= 0.6 is 0 Å². The second-order valence-electron chi connectivity index (χ2n) is 4.62. The molecule has 0 aliphatic carbocycles. The summed E-state index contributed by atoms with van der Waals surface area (Å²) >= 11 is 0. The summed E-state index contributed by atoms with van der Waals surface area (Å²) in [5.74, 6) is 0.811. The van der Waals surface area contributed by atoms with Gasteiger partial charge < -0.3 is 0 Å². The van der Waals surface area contributed by atoms with Crippen LogP contribution in [0.1, 0.15) is 44.0 Å². The van der Waals surface area contributed by atoms with E-state index < -0.39 is 0 Å². The standard InChI is InChI=1S/C14H20N4/c1-3-4-5-6-7-13-8-10-14(11-9-13)18-12(2)15-16-17-18/h8-11H,3-7H2,1-2H3. The van der Waals surface area contributed by atoms with Crippen molar-refractivity contribution in [3.8, 4) is 5.69 Å². The lowest BCUT2D eigenvalue weighted by Gasteiger charge is -2.04. The van der Waals surface area contributed by atoms with E-state index in [4.69, 9.17) is 0 Å². The molecule has 96 valence electrons. The Morgan fingerprint density at radius 2 is 1.83 bits per heavy atom. The fourth-order valence-electron chi connectivity index (χ4n) is 2.03. The van der Waals surface area contributed by atoms with Gasteiger partial charge in [-0.15, -0.1) is 5.10 Å². The van der Waals surface area contributed by atoms with Gasteiger partial charge in [0, 0.05) is 0 Å². The van der Waals surface area contributed by atoms with Gasteiger partial charge in [0.15, 0.2) is 5.82 Å². The summed E-state index contributed by atoms with van der Waals surface area (Å²) in [6.45, 7) is 4.14. The van der Waals surface area contributed by atoms with E-state index in [0.717, 1.165) is 17.9 Å². The maximum absolute atomic E-state index is 3.96. The maximum atomic E-state index is 3.96. The third-order valence-electron chi connectivity index (χ3n) is 3.13. The van der Waals surface area contributed by atoms with Crippen LogP contribution in [0.2, 0.25) is 0 Å². The van der Waals surface area contributed by atoms with E-state index >= 15 is 0 Å². The second kappa shape index (κ2) is 6.28. The molecule has 2 aromatic rings. The zero-order chi connectivity index (χ0) is 12.8. The van der Waals surface area contributed by atoms with Crippen molar-refractivity contribution in [3.05, 3.63) is 35.7 Å². The van der Waals surface area contributed by atoms with Crippen LogP contribution in [0.4, 0.5) is 0 Å². The Hall–Kier alpha value is -1.71. The molecular formula is C14H20N4. The van der Waals surface area contributed by atoms with Gasteiger partial charge >= 0.3 is 0 Å². The number of rotatable bonds is 6. The van der Waals surface area contributed by atoms with Crippen molar-refractivity contribution in [3.63, 3.8) is 0 Å². The molecule has 0 aliphatic heterocycles. The first kappa shape index (κ1) is 12.7. The minimum Gasteiger partial charge on any atom is -0.198 e. The molecule has 4 heteroatoms. The quantitative estimate of drug-likeness (QED) is 0.733. The summed E-state index contributed by atoms with van der Waals surface area (Å²) < 4.78 is 1.75. The average molecular weight is 244 g/mol. The van der Waals surface area contributed by atoms with Crippen LogP contribution in [0.25, 0.3) is 5.69 Å². The third kappa shape index (κ3) is 3.15. The van der Waals surface area contributed by atoms with Crippen molar-refractivity contribution in [2.75, 3.05) is 0 Å². The smallest absolute Gasteiger partial charge is 0.153 e. The molecule has 0 atom stereocenters. The van der Waals surface area contributed by atoms with Crippen LogP contribution in [-0.4, -0.2) is 20.2 Å². The molecule has 0 amide bonds. The summed E-state index contributed by atoms with van der Waals surface area (Å²) in [5, 5.41) is 11.5. The minimum atomic E-state index is 0.811.